The second-order valence-corrected chi connectivity index (χ2v) is 6.62. The van der Waals surface area contributed by atoms with E-state index in [0.29, 0.717) is 17.9 Å². The Kier molecular flexibility index (Phi) is 5.04. The van der Waals surface area contributed by atoms with Gasteiger partial charge in [-0.3, -0.25) is 0 Å². The predicted octanol–water partition coefficient (Wildman–Crippen LogP) is 4.62. The van der Waals surface area contributed by atoms with Crippen LogP contribution in [0.15, 0.2) is 18.2 Å². The van der Waals surface area contributed by atoms with Crippen LogP contribution in [0.5, 0.6) is 0 Å². The molecule has 106 valence electrons. The quantitative estimate of drug-likeness (QED) is 0.832. The van der Waals surface area contributed by atoms with Crippen molar-refractivity contribution in [2.75, 3.05) is 6.54 Å². The molecule has 1 nitrogen and oxygen atoms in total. The maximum absolute atomic E-state index is 3.68. The van der Waals surface area contributed by atoms with Gasteiger partial charge >= 0.3 is 0 Å². The van der Waals surface area contributed by atoms with Gasteiger partial charge in [0.05, 0.1) is 0 Å². The first kappa shape index (κ1) is 14.6. The minimum Gasteiger partial charge on any atom is -0.314 e. The van der Waals surface area contributed by atoms with Gasteiger partial charge < -0.3 is 5.32 Å². The second kappa shape index (κ2) is 6.56. The molecule has 0 bridgehead atoms. The third kappa shape index (κ3) is 3.82. The lowest BCUT2D eigenvalue weighted by Crippen LogP contribution is -2.35. The summed E-state index contributed by atoms with van der Waals surface area (Å²) in [6, 6.07) is 7.82. The summed E-state index contributed by atoms with van der Waals surface area (Å²) >= 11 is 0. The van der Waals surface area contributed by atoms with Crippen molar-refractivity contribution in [3.63, 3.8) is 0 Å². The summed E-state index contributed by atoms with van der Waals surface area (Å²) in [6.45, 7) is 10.4. The van der Waals surface area contributed by atoms with Crippen molar-refractivity contribution >= 4 is 0 Å². The molecule has 1 aliphatic heterocycles. The van der Waals surface area contributed by atoms with Crippen molar-refractivity contribution in [3.8, 4) is 0 Å². The Labute approximate surface area is 118 Å². The van der Waals surface area contributed by atoms with E-state index in [4.69, 9.17) is 0 Å². The molecule has 1 heterocycles. The fourth-order valence-corrected chi connectivity index (χ4v) is 3.09. The van der Waals surface area contributed by atoms with Crippen LogP contribution in [0.3, 0.4) is 0 Å². The number of hydrogen-bond donors (Lipinski definition) is 1. The van der Waals surface area contributed by atoms with E-state index in [1.54, 1.807) is 5.56 Å². The molecule has 1 saturated heterocycles. The second-order valence-electron chi connectivity index (χ2n) is 6.62. The van der Waals surface area contributed by atoms with E-state index in [2.05, 4.69) is 51.2 Å². The van der Waals surface area contributed by atoms with Gasteiger partial charge in [-0.25, -0.2) is 0 Å². The zero-order valence-electron chi connectivity index (χ0n) is 13.0. The summed E-state index contributed by atoms with van der Waals surface area (Å²) in [7, 11) is 0. The van der Waals surface area contributed by atoms with Gasteiger partial charge in [-0.15, -0.1) is 0 Å². The highest BCUT2D eigenvalue weighted by Gasteiger charge is 2.16. The van der Waals surface area contributed by atoms with Crippen molar-refractivity contribution < 1.29 is 0 Å². The van der Waals surface area contributed by atoms with Gasteiger partial charge in [0.2, 0.25) is 0 Å². The van der Waals surface area contributed by atoms with Crippen LogP contribution in [0.1, 0.15) is 75.5 Å². The molecule has 1 unspecified atom stereocenters. The van der Waals surface area contributed by atoms with Gasteiger partial charge in [-0.1, -0.05) is 52.3 Å². The van der Waals surface area contributed by atoms with E-state index >= 15 is 0 Å². The van der Waals surface area contributed by atoms with E-state index in [-0.39, 0.29) is 0 Å². The largest absolute Gasteiger partial charge is 0.314 e. The molecule has 0 aromatic heterocycles. The Balaban J connectivity index is 2.21. The first-order valence-electron chi connectivity index (χ1n) is 7.94. The standard InChI is InChI=1S/C18H29N/c1-13(2)15-8-9-18(14(3)4)16(11-15)12-17-7-5-6-10-19-17/h8-9,11,13-14,17,19H,5-7,10,12H2,1-4H3. The Morgan fingerprint density at radius 2 is 1.89 bits per heavy atom. The maximum atomic E-state index is 3.68. The average molecular weight is 259 g/mol. The monoisotopic (exact) mass is 259 g/mol. The maximum Gasteiger partial charge on any atom is 0.0108 e. The summed E-state index contributed by atoms with van der Waals surface area (Å²) in [5.74, 6) is 1.25. The van der Waals surface area contributed by atoms with Gasteiger partial charge in [0, 0.05) is 6.04 Å². The summed E-state index contributed by atoms with van der Waals surface area (Å²) in [5.41, 5.74) is 4.59. The van der Waals surface area contributed by atoms with Crippen LogP contribution in [0.25, 0.3) is 0 Å². The molecule has 1 aromatic carbocycles. The van der Waals surface area contributed by atoms with Crippen LogP contribution in [0.4, 0.5) is 0 Å². The highest BCUT2D eigenvalue weighted by atomic mass is 14.9. The zero-order chi connectivity index (χ0) is 13.8. The molecule has 1 N–H and O–H groups in total. The van der Waals surface area contributed by atoms with Crippen molar-refractivity contribution in [1.29, 1.82) is 0 Å². The lowest BCUT2D eigenvalue weighted by molar-refractivity contribution is 0.398. The number of rotatable bonds is 4. The molecule has 19 heavy (non-hydrogen) atoms. The molecule has 1 fully saturated rings. The minimum atomic E-state index is 0.624. The SMILES string of the molecule is CC(C)c1ccc(C(C)C)c(CC2CCCCN2)c1. The number of nitrogens with one attached hydrogen (secondary N) is 1. The van der Waals surface area contributed by atoms with Gasteiger partial charge in [-0.05, 0) is 54.3 Å². The third-order valence-corrected chi connectivity index (χ3v) is 4.33. The summed E-state index contributed by atoms with van der Waals surface area (Å²) in [5, 5.41) is 3.68. The minimum absolute atomic E-state index is 0.624. The smallest absolute Gasteiger partial charge is 0.0108 e. The Morgan fingerprint density at radius 1 is 1.11 bits per heavy atom. The van der Waals surface area contributed by atoms with Crippen molar-refractivity contribution in [1.82, 2.24) is 5.32 Å². The lowest BCUT2D eigenvalue weighted by atomic mass is 9.87. The van der Waals surface area contributed by atoms with Gasteiger partial charge in [0.25, 0.3) is 0 Å². The van der Waals surface area contributed by atoms with Crippen LogP contribution in [0.2, 0.25) is 0 Å². The van der Waals surface area contributed by atoms with E-state index in [0.717, 1.165) is 0 Å². The van der Waals surface area contributed by atoms with Crippen LogP contribution >= 0.6 is 0 Å². The van der Waals surface area contributed by atoms with Crippen molar-refractivity contribution in [2.45, 2.75) is 71.3 Å². The van der Waals surface area contributed by atoms with Crippen molar-refractivity contribution in [3.05, 3.63) is 34.9 Å². The number of piperidine rings is 1. The highest BCUT2D eigenvalue weighted by Crippen LogP contribution is 2.26. The molecule has 0 spiro atoms. The molecule has 1 aromatic rings. The molecule has 1 aliphatic rings. The molecule has 1 heteroatoms. The Hall–Kier alpha value is -0.820. The van der Waals surface area contributed by atoms with Crippen LogP contribution in [0, 0.1) is 0 Å². The molecule has 0 aliphatic carbocycles. The fourth-order valence-electron chi connectivity index (χ4n) is 3.09. The van der Waals surface area contributed by atoms with E-state index in [1.165, 1.54) is 43.4 Å². The predicted molar refractivity (Wildman–Crippen MR) is 84.0 cm³/mol. The van der Waals surface area contributed by atoms with Crippen LogP contribution in [-0.2, 0) is 6.42 Å². The summed E-state index contributed by atoms with van der Waals surface area (Å²) < 4.78 is 0. The van der Waals surface area contributed by atoms with Crippen LogP contribution in [-0.4, -0.2) is 12.6 Å². The van der Waals surface area contributed by atoms with E-state index in [1.807, 2.05) is 0 Å². The van der Waals surface area contributed by atoms with Gasteiger partial charge in [-0.2, -0.15) is 0 Å². The molecular weight excluding hydrogens is 230 g/mol. The number of benzene rings is 1. The molecule has 0 radical (unpaired) electrons. The van der Waals surface area contributed by atoms with Crippen LogP contribution < -0.4 is 5.32 Å². The normalized spacial score (nSPS) is 20.2. The van der Waals surface area contributed by atoms with E-state index in [9.17, 15) is 0 Å². The molecule has 0 amide bonds. The van der Waals surface area contributed by atoms with Gasteiger partial charge in [0.15, 0.2) is 0 Å². The zero-order valence-corrected chi connectivity index (χ0v) is 13.0. The van der Waals surface area contributed by atoms with Crippen molar-refractivity contribution in [2.24, 2.45) is 0 Å². The average Bonchev–Trinajstić information content (AvgIpc) is 2.39. The van der Waals surface area contributed by atoms with E-state index < -0.39 is 0 Å². The first-order valence-corrected chi connectivity index (χ1v) is 7.94. The molecule has 1 atom stereocenters. The lowest BCUT2D eigenvalue weighted by Gasteiger charge is -2.25. The Morgan fingerprint density at radius 3 is 2.47 bits per heavy atom. The topological polar surface area (TPSA) is 12.0 Å². The molecule has 2 rings (SSSR count). The summed E-state index contributed by atoms with van der Waals surface area (Å²) in [4.78, 5) is 0. The molecule has 0 saturated carbocycles. The first-order chi connectivity index (χ1) is 9.08. The fraction of sp³-hybridized carbons (Fsp3) is 0.667. The highest BCUT2D eigenvalue weighted by molar-refractivity contribution is 5.36. The third-order valence-electron chi connectivity index (χ3n) is 4.33. The molecular formula is C18H29N. The number of hydrogen-bond acceptors (Lipinski definition) is 1. The van der Waals surface area contributed by atoms with Gasteiger partial charge in [0.1, 0.15) is 0 Å². The summed E-state index contributed by atoms with van der Waals surface area (Å²) in [6.07, 6.45) is 5.27. The Bertz CT molecular complexity index is 400.